The van der Waals surface area contributed by atoms with E-state index in [0.29, 0.717) is 49.3 Å². The van der Waals surface area contributed by atoms with Crippen LogP contribution in [0.3, 0.4) is 0 Å². The molecule has 0 spiro atoms. The summed E-state index contributed by atoms with van der Waals surface area (Å²) in [7, 11) is 0. The van der Waals surface area contributed by atoms with Crippen molar-refractivity contribution in [2.45, 2.75) is 31.8 Å². The van der Waals surface area contributed by atoms with Crippen molar-refractivity contribution in [3.8, 4) is 11.1 Å². The van der Waals surface area contributed by atoms with Gasteiger partial charge in [-0.2, -0.15) is 4.98 Å². The predicted molar refractivity (Wildman–Crippen MR) is 132 cm³/mol. The Morgan fingerprint density at radius 1 is 1.18 bits per heavy atom. The fraction of sp³-hybridized carbons (Fsp3) is 0.231. The smallest absolute Gasteiger partial charge is 0.545 e. The third-order valence-corrected chi connectivity index (χ3v) is 7.01. The minimum absolute atomic E-state index is 0. The molecule has 188 valence electrons. The summed E-state index contributed by atoms with van der Waals surface area (Å²) < 4.78 is 32.7. The molecule has 1 aliphatic heterocycles. The zero-order valence-corrected chi connectivity index (χ0v) is 22.5. The topological polar surface area (TPSA) is 143 Å². The Morgan fingerprint density at radius 2 is 1.95 bits per heavy atom. The molecule has 4 N–H and O–H groups in total. The van der Waals surface area contributed by atoms with Gasteiger partial charge in [-0.05, 0) is 48.6 Å². The number of aromatic carboxylic acids is 1. The van der Waals surface area contributed by atoms with Crippen LogP contribution in [-0.4, -0.2) is 27.0 Å². The monoisotopic (exact) mass is 526 g/mol. The van der Waals surface area contributed by atoms with Crippen LogP contribution < -0.4 is 56.5 Å². The fourth-order valence-electron chi connectivity index (χ4n) is 5.04. The maximum absolute atomic E-state index is 16.0. The standard InChI is InChI=1S/C26H22F2N6O3.Na/c27-18-8-16-22(34(15-2-3-15)11-17(23(16)35)25(36)37)21(28)20(18)13-1-4-19-12(7-13)5-6-33(19)10-14-9-31-26(30)32-24(14)29;/h1,4,7-9,11,15H,2-3,5-6,10H2,(H,36,37)(H4,29,30,31,32);/q;+1/p-1. The number of benzene rings is 2. The first kappa shape index (κ1) is 26.1. The van der Waals surface area contributed by atoms with E-state index in [9.17, 15) is 14.7 Å². The summed E-state index contributed by atoms with van der Waals surface area (Å²) in [5.41, 5.74) is 12.4. The summed E-state index contributed by atoms with van der Waals surface area (Å²) in [6.07, 6.45) is 4.74. The molecule has 0 radical (unpaired) electrons. The SMILES string of the molecule is Nc1ncc(CN2CCc3cc(-c4c(F)cc5c(=O)c(C(=O)[O-])cn(C6CC6)c5c4F)ccc32)c(N)n1.[Na+]. The van der Waals surface area contributed by atoms with Crippen molar-refractivity contribution in [2.75, 3.05) is 22.9 Å². The van der Waals surface area contributed by atoms with E-state index in [0.717, 1.165) is 23.5 Å². The predicted octanol–water partition coefficient (Wildman–Crippen LogP) is -0.834. The molecular formula is C26H21F2N6NaO3. The van der Waals surface area contributed by atoms with Crippen molar-refractivity contribution in [3.05, 3.63) is 75.2 Å². The molecule has 6 rings (SSSR count). The van der Waals surface area contributed by atoms with E-state index in [-0.39, 0.29) is 58.0 Å². The van der Waals surface area contributed by atoms with Crippen molar-refractivity contribution >= 4 is 34.3 Å². The Labute approximate surface area is 237 Å². The summed E-state index contributed by atoms with van der Waals surface area (Å²) >= 11 is 0. The van der Waals surface area contributed by atoms with Crippen molar-refractivity contribution < 1.29 is 48.2 Å². The Kier molecular flexibility index (Phi) is 6.62. The third-order valence-electron chi connectivity index (χ3n) is 7.01. The van der Waals surface area contributed by atoms with E-state index in [2.05, 4.69) is 14.9 Å². The minimum Gasteiger partial charge on any atom is -0.545 e. The molecule has 0 saturated heterocycles. The summed E-state index contributed by atoms with van der Waals surface area (Å²) in [5, 5.41) is 11.2. The van der Waals surface area contributed by atoms with E-state index < -0.39 is 28.6 Å². The normalized spacial score (nSPS) is 14.4. The fourth-order valence-corrected chi connectivity index (χ4v) is 5.04. The van der Waals surface area contributed by atoms with Gasteiger partial charge in [0.2, 0.25) is 5.95 Å². The molecule has 1 aliphatic carbocycles. The van der Waals surface area contributed by atoms with Crippen LogP contribution in [0.5, 0.6) is 0 Å². The summed E-state index contributed by atoms with van der Waals surface area (Å²) in [6.45, 7) is 1.12. The number of hydrogen-bond acceptors (Lipinski definition) is 8. The van der Waals surface area contributed by atoms with Crippen molar-refractivity contribution in [3.63, 3.8) is 0 Å². The van der Waals surface area contributed by atoms with Gasteiger partial charge in [-0.25, -0.2) is 13.8 Å². The molecule has 2 aromatic heterocycles. The molecule has 38 heavy (non-hydrogen) atoms. The van der Waals surface area contributed by atoms with Gasteiger partial charge in [-0.15, -0.1) is 0 Å². The van der Waals surface area contributed by atoms with E-state index in [1.807, 2.05) is 0 Å². The molecule has 1 saturated carbocycles. The quantitative estimate of drug-likeness (QED) is 0.321. The second kappa shape index (κ2) is 9.64. The van der Waals surface area contributed by atoms with Gasteiger partial charge in [0.15, 0.2) is 11.2 Å². The third kappa shape index (κ3) is 4.30. The van der Waals surface area contributed by atoms with Crippen LogP contribution in [0, 0.1) is 11.6 Å². The Bertz CT molecular complexity index is 1690. The summed E-state index contributed by atoms with van der Waals surface area (Å²) in [5.74, 6) is -3.13. The van der Waals surface area contributed by atoms with Crippen LogP contribution in [0.25, 0.3) is 22.0 Å². The minimum atomic E-state index is -1.68. The number of nitrogens with two attached hydrogens (primary N) is 2. The molecule has 0 unspecified atom stereocenters. The van der Waals surface area contributed by atoms with Crippen molar-refractivity contribution in [1.82, 2.24) is 14.5 Å². The number of halogens is 2. The van der Waals surface area contributed by atoms with Crippen LogP contribution in [0.15, 0.2) is 41.5 Å². The average Bonchev–Trinajstić information content (AvgIpc) is 3.62. The Morgan fingerprint density at radius 3 is 2.63 bits per heavy atom. The number of carboxylic acids is 1. The van der Waals surface area contributed by atoms with Gasteiger partial charge in [0.05, 0.1) is 28.0 Å². The van der Waals surface area contributed by atoms with E-state index in [4.69, 9.17) is 11.5 Å². The van der Waals surface area contributed by atoms with Crippen LogP contribution in [0.4, 0.5) is 26.2 Å². The Hall–Kier alpha value is -3.54. The zero-order chi connectivity index (χ0) is 26.0. The van der Waals surface area contributed by atoms with E-state index in [1.54, 1.807) is 24.4 Å². The number of hydrogen-bond donors (Lipinski definition) is 2. The summed E-state index contributed by atoms with van der Waals surface area (Å²) in [6, 6.07) is 5.92. The number of anilines is 3. The first-order chi connectivity index (χ1) is 17.7. The number of carbonyl (C=O) groups excluding carboxylic acids is 1. The number of pyridine rings is 1. The molecule has 0 amide bonds. The van der Waals surface area contributed by atoms with E-state index in [1.165, 1.54) is 4.57 Å². The maximum Gasteiger partial charge on any atom is 1.00 e. The molecular weight excluding hydrogens is 505 g/mol. The largest absolute Gasteiger partial charge is 1.00 e. The number of carboxylic acid groups (broad SMARTS) is 1. The Balaban J connectivity index is 0.00000294. The number of rotatable bonds is 5. The van der Waals surface area contributed by atoms with Gasteiger partial charge in [0.1, 0.15) is 11.6 Å². The molecule has 0 bridgehead atoms. The van der Waals surface area contributed by atoms with Gasteiger partial charge in [0.25, 0.3) is 0 Å². The van der Waals surface area contributed by atoms with Crippen molar-refractivity contribution in [1.29, 1.82) is 0 Å². The van der Waals surface area contributed by atoms with Crippen LogP contribution in [-0.2, 0) is 13.0 Å². The van der Waals surface area contributed by atoms with Gasteiger partial charge >= 0.3 is 29.6 Å². The van der Waals surface area contributed by atoms with Gasteiger partial charge in [-0.3, -0.25) is 4.79 Å². The second-order valence-electron chi connectivity index (χ2n) is 9.40. The van der Waals surface area contributed by atoms with Gasteiger partial charge in [-0.1, -0.05) is 6.07 Å². The first-order valence-corrected chi connectivity index (χ1v) is 11.8. The molecule has 12 heteroatoms. The van der Waals surface area contributed by atoms with Crippen LogP contribution >= 0.6 is 0 Å². The summed E-state index contributed by atoms with van der Waals surface area (Å²) in [4.78, 5) is 34.2. The maximum atomic E-state index is 16.0. The van der Waals surface area contributed by atoms with Crippen molar-refractivity contribution in [2.24, 2.45) is 0 Å². The van der Waals surface area contributed by atoms with E-state index >= 15 is 8.78 Å². The second-order valence-corrected chi connectivity index (χ2v) is 9.40. The first-order valence-electron chi connectivity index (χ1n) is 11.8. The number of nitrogen functional groups attached to an aromatic ring is 2. The number of nitrogens with zero attached hydrogens (tertiary/aromatic N) is 4. The van der Waals surface area contributed by atoms with Gasteiger partial charge in [0, 0.05) is 42.8 Å². The molecule has 2 aromatic carbocycles. The molecule has 9 nitrogen and oxygen atoms in total. The number of fused-ring (bicyclic) bond motifs is 2. The van der Waals surface area contributed by atoms with Crippen LogP contribution in [0.2, 0.25) is 0 Å². The molecule has 1 fully saturated rings. The number of carbonyl (C=O) groups is 1. The number of aromatic nitrogens is 3. The zero-order valence-electron chi connectivity index (χ0n) is 20.5. The molecule has 4 aromatic rings. The molecule has 0 atom stereocenters. The molecule has 2 aliphatic rings. The molecule has 3 heterocycles. The van der Waals surface area contributed by atoms with Crippen LogP contribution in [0.1, 0.15) is 40.4 Å². The average molecular weight is 526 g/mol. The van der Waals surface area contributed by atoms with Gasteiger partial charge < -0.3 is 30.8 Å².